The number of ether oxygens (including phenoxy) is 3. The van der Waals surface area contributed by atoms with E-state index in [9.17, 15) is 9.59 Å². The highest BCUT2D eigenvalue weighted by Crippen LogP contribution is 2.36. The van der Waals surface area contributed by atoms with Gasteiger partial charge in [0.15, 0.2) is 11.5 Å². The van der Waals surface area contributed by atoms with Crippen LogP contribution in [0.5, 0.6) is 17.4 Å². The molecule has 1 aromatic heterocycles. The van der Waals surface area contributed by atoms with Gasteiger partial charge in [-0.2, -0.15) is 0 Å². The lowest BCUT2D eigenvalue weighted by Crippen LogP contribution is -2.41. The van der Waals surface area contributed by atoms with Gasteiger partial charge in [0.25, 0.3) is 5.91 Å². The molecule has 9 heteroatoms. The molecule has 0 atom stereocenters. The van der Waals surface area contributed by atoms with Crippen molar-refractivity contribution in [3.8, 4) is 27.8 Å². The fourth-order valence-corrected chi connectivity index (χ4v) is 4.69. The molecule has 8 nitrogen and oxygen atoms in total. The molecule has 34 heavy (non-hydrogen) atoms. The van der Waals surface area contributed by atoms with E-state index in [0.29, 0.717) is 42.7 Å². The summed E-state index contributed by atoms with van der Waals surface area (Å²) in [5, 5.41) is 3.71. The molecule has 0 spiro atoms. The Bertz CT molecular complexity index is 1190. The molecular weight excluding hydrogens is 454 g/mol. The van der Waals surface area contributed by atoms with Crippen molar-refractivity contribution in [2.45, 2.75) is 25.8 Å². The normalized spacial score (nSPS) is 14.4. The monoisotopic (exact) mass is 479 g/mol. The van der Waals surface area contributed by atoms with Crippen LogP contribution in [0.15, 0.2) is 48.5 Å². The molecule has 1 saturated carbocycles. The topological polar surface area (TPSA) is 90.0 Å². The molecule has 2 aliphatic rings. The van der Waals surface area contributed by atoms with Crippen molar-refractivity contribution >= 4 is 23.3 Å². The number of para-hydroxylation sites is 1. The number of benzene rings is 2. The Labute approximate surface area is 201 Å². The van der Waals surface area contributed by atoms with Crippen molar-refractivity contribution in [2.24, 2.45) is 0 Å². The van der Waals surface area contributed by atoms with Crippen LogP contribution in [0.25, 0.3) is 10.4 Å². The third-order valence-corrected chi connectivity index (χ3v) is 6.60. The standard InChI is InChI=1S/C25H25N3O5S/c1-16-27-24(22(34-16)17-6-3-2-4-7-17)33-25(30)28(18-10-11-18)13-12-26-23(29)19-8-5-9-20-21(19)32-15-14-31-20/h2-9,18H,10-15H2,1H3,(H,26,29). The van der Waals surface area contributed by atoms with Gasteiger partial charge in [0, 0.05) is 19.1 Å². The van der Waals surface area contributed by atoms with Crippen LogP contribution in [-0.4, -0.2) is 54.2 Å². The van der Waals surface area contributed by atoms with Crippen molar-refractivity contribution < 1.29 is 23.8 Å². The van der Waals surface area contributed by atoms with Crippen LogP contribution in [0, 0.1) is 6.92 Å². The van der Waals surface area contributed by atoms with Gasteiger partial charge >= 0.3 is 6.09 Å². The number of hydrogen-bond donors (Lipinski definition) is 1. The number of thiazole rings is 1. The number of carbonyl (C=O) groups excluding carboxylic acids is 2. The molecule has 0 bridgehead atoms. The lowest BCUT2D eigenvalue weighted by molar-refractivity contribution is 0.0933. The van der Waals surface area contributed by atoms with Crippen molar-refractivity contribution in [3.63, 3.8) is 0 Å². The number of nitrogens with one attached hydrogen (secondary N) is 1. The highest BCUT2D eigenvalue weighted by molar-refractivity contribution is 7.15. The van der Waals surface area contributed by atoms with Crippen LogP contribution in [0.1, 0.15) is 28.2 Å². The predicted molar refractivity (Wildman–Crippen MR) is 128 cm³/mol. The molecule has 1 aliphatic carbocycles. The maximum Gasteiger partial charge on any atom is 0.416 e. The summed E-state index contributed by atoms with van der Waals surface area (Å²) in [7, 11) is 0. The molecule has 0 radical (unpaired) electrons. The maximum absolute atomic E-state index is 13.0. The van der Waals surface area contributed by atoms with Crippen LogP contribution < -0.4 is 19.5 Å². The van der Waals surface area contributed by atoms with E-state index in [1.165, 1.54) is 11.3 Å². The van der Waals surface area contributed by atoms with Gasteiger partial charge in [0.2, 0.25) is 5.88 Å². The average Bonchev–Trinajstić information content (AvgIpc) is 3.63. The van der Waals surface area contributed by atoms with E-state index >= 15 is 0 Å². The third kappa shape index (κ3) is 4.84. The molecular formula is C25H25N3O5S. The summed E-state index contributed by atoms with van der Waals surface area (Å²) in [6.45, 7) is 3.38. The van der Waals surface area contributed by atoms with Gasteiger partial charge in [-0.15, -0.1) is 11.3 Å². The van der Waals surface area contributed by atoms with Gasteiger partial charge in [0.05, 0.1) is 15.4 Å². The molecule has 0 saturated heterocycles. The predicted octanol–water partition coefficient (Wildman–Crippen LogP) is 4.28. The number of carbonyl (C=O) groups is 2. The number of aromatic nitrogens is 1. The minimum absolute atomic E-state index is 0.116. The Kier molecular flexibility index (Phi) is 6.35. The Hall–Kier alpha value is -3.59. The second kappa shape index (κ2) is 9.72. The highest BCUT2D eigenvalue weighted by Gasteiger charge is 2.34. The van der Waals surface area contributed by atoms with Crippen LogP contribution in [-0.2, 0) is 0 Å². The summed E-state index contributed by atoms with van der Waals surface area (Å²) in [5.41, 5.74) is 1.38. The van der Waals surface area contributed by atoms with Gasteiger partial charge in [0.1, 0.15) is 13.2 Å². The van der Waals surface area contributed by atoms with Gasteiger partial charge in [-0.3, -0.25) is 4.79 Å². The van der Waals surface area contributed by atoms with Gasteiger partial charge in [-0.05, 0) is 37.5 Å². The number of aryl methyl sites for hydroxylation is 1. The van der Waals surface area contributed by atoms with Crippen molar-refractivity contribution in [1.29, 1.82) is 0 Å². The first-order valence-corrected chi connectivity index (χ1v) is 12.1. The first-order chi connectivity index (χ1) is 16.6. The minimum Gasteiger partial charge on any atom is -0.486 e. The van der Waals surface area contributed by atoms with E-state index in [1.807, 2.05) is 37.3 Å². The van der Waals surface area contributed by atoms with Crippen LogP contribution in [0.4, 0.5) is 4.79 Å². The second-order valence-electron chi connectivity index (χ2n) is 8.11. The Morgan fingerprint density at radius 3 is 2.71 bits per heavy atom. The summed E-state index contributed by atoms with van der Waals surface area (Å²) in [4.78, 5) is 32.7. The Morgan fingerprint density at radius 2 is 1.91 bits per heavy atom. The Balaban J connectivity index is 1.23. The van der Waals surface area contributed by atoms with Gasteiger partial charge in [-0.25, -0.2) is 9.78 Å². The summed E-state index contributed by atoms with van der Waals surface area (Å²) < 4.78 is 16.9. The summed E-state index contributed by atoms with van der Waals surface area (Å²) >= 11 is 1.49. The summed E-state index contributed by atoms with van der Waals surface area (Å²) in [6, 6.07) is 15.1. The summed E-state index contributed by atoms with van der Waals surface area (Å²) in [6.07, 6.45) is 1.39. The van der Waals surface area contributed by atoms with E-state index < -0.39 is 6.09 Å². The highest BCUT2D eigenvalue weighted by atomic mass is 32.1. The fraction of sp³-hybridized carbons (Fsp3) is 0.320. The molecule has 2 aromatic carbocycles. The molecule has 3 aromatic rings. The first kappa shape index (κ1) is 22.2. The first-order valence-electron chi connectivity index (χ1n) is 11.3. The molecule has 5 rings (SSSR count). The van der Waals surface area contributed by atoms with E-state index in [4.69, 9.17) is 14.2 Å². The van der Waals surface area contributed by atoms with Crippen LogP contribution in [0.2, 0.25) is 0 Å². The Morgan fingerprint density at radius 1 is 1.12 bits per heavy atom. The third-order valence-electron chi connectivity index (χ3n) is 5.59. The number of rotatable bonds is 7. The smallest absolute Gasteiger partial charge is 0.416 e. The van der Waals surface area contributed by atoms with Crippen LogP contribution >= 0.6 is 11.3 Å². The molecule has 2 amide bonds. The zero-order valence-electron chi connectivity index (χ0n) is 18.8. The van der Waals surface area contributed by atoms with Crippen LogP contribution in [0.3, 0.4) is 0 Å². The number of amides is 2. The van der Waals surface area contributed by atoms with Crippen molar-refractivity contribution in [3.05, 3.63) is 59.1 Å². The fourth-order valence-electron chi connectivity index (χ4n) is 3.84. The molecule has 1 N–H and O–H groups in total. The van der Waals surface area contributed by atoms with Gasteiger partial charge in [-0.1, -0.05) is 36.4 Å². The maximum atomic E-state index is 13.0. The molecule has 176 valence electrons. The van der Waals surface area contributed by atoms with E-state index in [2.05, 4.69) is 10.3 Å². The van der Waals surface area contributed by atoms with E-state index in [-0.39, 0.29) is 18.5 Å². The van der Waals surface area contributed by atoms with E-state index in [0.717, 1.165) is 28.3 Å². The van der Waals surface area contributed by atoms with Crippen molar-refractivity contribution in [2.75, 3.05) is 26.3 Å². The van der Waals surface area contributed by atoms with Gasteiger partial charge < -0.3 is 24.4 Å². The SMILES string of the molecule is Cc1nc(OC(=O)N(CCNC(=O)c2cccc3c2OCCO3)C2CC2)c(-c2ccccc2)s1. The van der Waals surface area contributed by atoms with E-state index in [1.54, 1.807) is 23.1 Å². The number of hydrogen-bond acceptors (Lipinski definition) is 7. The quantitative estimate of drug-likeness (QED) is 0.544. The zero-order chi connectivity index (χ0) is 23.5. The van der Waals surface area contributed by atoms with Crippen molar-refractivity contribution in [1.82, 2.24) is 15.2 Å². The molecule has 2 heterocycles. The average molecular weight is 480 g/mol. The summed E-state index contributed by atoms with van der Waals surface area (Å²) in [5.74, 6) is 1.07. The second-order valence-corrected chi connectivity index (χ2v) is 9.31. The minimum atomic E-state index is -0.451. The lowest BCUT2D eigenvalue weighted by Gasteiger charge is -2.22. The molecule has 0 unspecified atom stereocenters. The molecule has 1 aliphatic heterocycles. The number of nitrogens with zero attached hydrogens (tertiary/aromatic N) is 2. The number of fused-ring (bicyclic) bond motifs is 1. The lowest BCUT2D eigenvalue weighted by atomic mass is 10.1. The molecule has 1 fully saturated rings. The zero-order valence-corrected chi connectivity index (χ0v) is 19.6. The largest absolute Gasteiger partial charge is 0.486 e.